The first-order valence-electron chi connectivity index (χ1n) is 7.90. The van der Waals surface area contributed by atoms with Crippen molar-refractivity contribution in [2.75, 3.05) is 32.7 Å². The van der Waals surface area contributed by atoms with Gasteiger partial charge < -0.3 is 15.0 Å². The predicted molar refractivity (Wildman–Crippen MR) is 75.9 cm³/mol. The highest BCUT2D eigenvalue weighted by Gasteiger charge is 2.29. The van der Waals surface area contributed by atoms with E-state index in [0.29, 0.717) is 12.2 Å². The molecule has 0 aromatic heterocycles. The van der Waals surface area contributed by atoms with Gasteiger partial charge in [0, 0.05) is 19.6 Å². The van der Waals surface area contributed by atoms with Gasteiger partial charge in [0.25, 0.3) is 0 Å². The third kappa shape index (κ3) is 4.22. The van der Waals surface area contributed by atoms with Crippen molar-refractivity contribution in [2.45, 2.75) is 58.2 Å². The molecule has 18 heavy (non-hydrogen) atoms. The molecule has 3 nitrogen and oxygen atoms in total. The van der Waals surface area contributed by atoms with Crippen LogP contribution in [0.4, 0.5) is 0 Å². The maximum atomic E-state index is 6.12. The first-order valence-corrected chi connectivity index (χ1v) is 7.90. The maximum absolute atomic E-state index is 6.12. The number of hydrogen-bond acceptors (Lipinski definition) is 3. The molecule has 0 bridgehead atoms. The Morgan fingerprint density at radius 3 is 2.78 bits per heavy atom. The molecule has 2 aliphatic rings. The molecule has 0 aliphatic carbocycles. The highest BCUT2D eigenvalue weighted by Crippen LogP contribution is 2.25. The Balaban J connectivity index is 1.63. The molecule has 2 aliphatic heterocycles. The zero-order valence-electron chi connectivity index (χ0n) is 12.2. The summed E-state index contributed by atoms with van der Waals surface area (Å²) in [7, 11) is 0. The molecule has 2 saturated heterocycles. The largest absolute Gasteiger partial charge is 0.372 e. The Bertz CT molecular complexity index is 235. The fraction of sp³-hybridized carbons (Fsp3) is 1.00. The van der Waals surface area contributed by atoms with Gasteiger partial charge in [0.05, 0.1) is 12.2 Å². The van der Waals surface area contributed by atoms with Crippen molar-refractivity contribution in [1.29, 1.82) is 0 Å². The van der Waals surface area contributed by atoms with Gasteiger partial charge in [-0.3, -0.25) is 0 Å². The normalized spacial score (nSPS) is 33.3. The van der Waals surface area contributed by atoms with Crippen LogP contribution in [0.3, 0.4) is 0 Å². The molecule has 1 N–H and O–H groups in total. The van der Waals surface area contributed by atoms with E-state index in [9.17, 15) is 0 Å². The van der Waals surface area contributed by atoms with Crippen LogP contribution in [0.15, 0.2) is 0 Å². The van der Waals surface area contributed by atoms with E-state index in [0.717, 1.165) is 19.0 Å². The predicted octanol–water partition coefficient (Wildman–Crippen LogP) is 2.27. The van der Waals surface area contributed by atoms with Gasteiger partial charge in [-0.1, -0.05) is 20.3 Å². The van der Waals surface area contributed by atoms with Gasteiger partial charge in [-0.05, 0) is 44.7 Å². The zero-order valence-corrected chi connectivity index (χ0v) is 12.2. The average molecular weight is 254 g/mol. The number of hydrogen-bond donors (Lipinski definition) is 1. The van der Waals surface area contributed by atoms with Crippen molar-refractivity contribution in [1.82, 2.24) is 10.2 Å². The second-order valence-corrected chi connectivity index (χ2v) is 5.97. The van der Waals surface area contributed by atoms with Gasteiger partial charge in [-0.15, -0.1) is 0 Å². The van der Waals surface area contributed by atoms with Crippen LogP contribution in [0, 0.1) is 5.92 Å². The number of likely N-dealkylation sites (tertiary alicyclic amines) is 1. The fourth-order valence-electron chi connectivity index (χ4n) is 3.38. The highest BCUT2D eigenvalue weighted by atomic mass is 16.5. The summed E-state index contributed by atoms with van der Waals surface area (Å²) in [6.07, 6.45) is 7.60. The molecule has 2 rings (SSSR count). The van der Waals surface area contributed by atoms with Crippen LogP contribution in [0.2, 0.25) is 0 Å². The molecule has 0 aromatic rings. The van der Waals surface area contributed by atoms with Gasteiger partial charge in [0.2, 0.25) is 0 Å². The molecule has 2 heterocycles. The quantitative estimate of drug-likeness (QED) is 0.754. The molecule has 0 saturated carbocycles. The first kappa shape index (κ1) is 14.3. The van der Waals surface area contributed by atoms with Crippen LogP contribution in [-0.2, 0) is 4.74 Å². The SMILES string of the molecule is CCCC1CCN(CC2CCC(CNCC)O2)C1. The molecule has 0 spiro atoms. The minimum Gasteiger partial charge on any atom is -0.372 e. The minimum atomic E-state index is 0.462. The fourth-order valence-corrected chi connectivity index (χ4v) is 3.38. The summed E-state index contributed by atoms with van der Waals surface area (Å²) < 4.78 is 6.12. The van der Waals surface area contributed by atoms with Gasteiger partial charge in [0.1, 0.15) is 0 Å². The van der Waals surface area contributed by atoms with Crippen LogP contribution < -0.4 is 5.32 Å². The lowest BCUT2D eigenvalue weighted by Gasteiger charge is -2.21. The summed E-state index contributed by atoms with van der Waals surface area (Å²) in [5.41, 5.74) is 0. The molecule has 3 unspecified atom stereocenters. The van der Waals surface area contributed by atoms with Gasteiger partial charge in [-0.25, -0.2) is 0 Å². The number of rotatable bonds is 7. The van der Waals surface area contributed by atoms with Crippen LogP contribution in [0.5, 0.6) is 0 Å². The summed E-state index contributed by atoms with van der Waals surface area (Å²) in [6.45, 7) is 10.3. The third-order valence-corrected chi connectivity index (χ3v) is 4.35. The molecule has 0 aromatic carbocycles. The van der Waals surface area contributed by atoms with Crippen molar-refractivity contribution in [3.05, 3.63) is 0 Å². The van der Waals surface area contributed by atoms with E-state index in [1.807, 2.05) is 0 Å². The Hall–Kier alpha value is -0.120. The number of nitrogens with zero attached hydrogens (tertiary/aromatic N) is 1. The van der Waals surface area contributed by atoms with Crippen molar-refractivity contribution in [2.24, 2.45) is 5.92 Å². The Morgan fingerprint density at radius 2 is 2.00 bits per heavy atom. The van der Waals surface area contributed by atoms with E-state index in [-0.39, 0.29) is 0 Å². The van der Waals surface area contributed by atoms with E-state index >= 15 is 0 Å². The van der Waals surface area contributed by atoms with Gasteiger partial charge in [-0.2, -0.15) is 0 Å². The highest BCUT2D eigenvalue weighted by molar-refractivity contribution is 4.82. The van der Waals surface area contributed by atoms with E-state index < -0.39 is 0 Å². The van der Waals surface area contributed by atoms with Crippen LogP contribution in [0.25, 0.3) is 0 Å². The Kier molecular flexibility index (Phi) is 5.93. The first-order chi connectivity index (χ1) is 8.81. The van der Waals surface area contributed by atoms with Crippen LogP contribution in [0.1, 0.15) is 46.0 Å². The summed E-state index contributed by atoms with van der Waals surface area (Å²) in [5, 5.41) is 3.39. The summed E-state index contributed by atoms with van der Waals surface area (Å²) >= 11 is 0. The lowest BCUT2D eigenvalue weighted by atomic mass is 10.0. The third-order valence-electron chi connectivity index (χ3n) is 4.35. The Labute approximate surface area is 112 Å². The molecule has 0 amide bonds. The molecule has 3 atom stereocenters. The van der Waals surface area contributed by atoms with E-state index in [1.165, 1.54) is 51.7 Å². The second kappa shape index (κ2) is 7.46. The Morgan fingerprint density at radius 1 is 1.17 bits per heavy atom. The van der Waals surface area contributed by atoms with E-state index in [1.54, 1.807) is 0 Å². The molecule has 106 valence electrons. The molecule has 0 radical (unpaired) electrons. The van der Waals surface area contributed by atoms with Crippen molar-refractivity contribution < 1.29 is 4.74 Å². The standard InChI is InChI=1S/C15H30N2O/c1-3-5-13-8-9-17(11-13)12-15-7-6-14(18-15)10-16-4-2/h13-16H,3-12H2,1-2H3. The van der Waals surface area contributed by atoms with Crippen LogP contribution >= 0.6 is 0 Å². The van der Waals surface area contributed by atoms with Gasteiger partial charge in [0.15, 0.2) is 0 Å². The number of ether oxygens (including phenoxy) is 1. The molecule has 3 heteroatoms. The summed E-state index contributed by atoms with van der Waals surface area (Å²) in [6, 6.07) is 0. The molecular weight excluding hydrogens is 224 g/mol. The lowest BCUT2D eigenvalue weighted by molar-refractivity contribution is 0.0271. The van der Waals surface area contributed by atoms with E-state index in [4.69, 9.17) is 4.74 Å². The molecular formula is C15H30N2O. The summed E-state index contributed by atoms with van der Waals surface area (Å²) in [4.78, 5) is 2.63. The maximum Gasteiger partial charge on any atom is 0.0707 e. The van der Waals surface area contributed by atoms with Gasteiger partial charge >= 0.3 is 0 Å². The molecule has 2 fully saturated rings. The summed E-state index contributed by atoms with van der Waals surface area (Å²) in [5.74, 6) is 0.953. The monoisotopic (exact) mass is 254 g/mol. The van der Waals surface area contributed by atoms with Crippen LogP contribution in [-0.4, -0.2) is 49.8 Å². The number of nitrogens with one attached hydrogen (secondary N) is 1. The number of likely N-dealkylation sites (N-methyl/N-ethyl adjacent to an activating group) is 1. The van der Waals surface area contributed by atoms with E-state index in [2.05, 4.69) is 24.1 Å². The minimum absolute atomic E-state index is 0.462. The second-order valence-electron chi connectivity index (χ2n) is 5.97. The average Bonchev–Trinajstić information content (AvgIpc) is 2.98. The zero-order chi connectivity index (χ0) is 12.8. The van der Waals surface area contributed by atoms with Crippen molar-refractivity contribution in [3.8, 4) is 0 Å². The lowest BCUT2D eigenvalue weighted by Crippen LogP contribution is -2.32. The topological polar surface area (TPSA) is 24.5 Å². The smallest absolute Gasteiger partial charge is 0.0707 e. The van der Waals surface area contributed by atoms with Crippen molar-refractivity contribution in [3.63, 3.8) is 0 Å². The van der Waals surface area contributed by atoms with Crippen molar-refractivity contribution >= 4 is 0 Å².